The highest BCUT2D eigenvalue weighted by molar-refractivity contribution is 5.76. The maximum atomic E-state index is 12.1. The molecule has 5 N–H and O–H groups in total. The molecule has 1 aliphatic carbocycles. The van der Waals surface area contributed by atoms with Gasteiger partial charge in [0, 0.05) is 25.2 Å². The van der Waals surface area contributed by atoms with Crippen molar-refractivity contribution >= 4 is 12.0 Å². The Bertz CT molecular complexity index is 857. The molecule has 1 saturated carbocycles. The predicted molar refractivity (Wildman–Crippen MR) is 107 cm³/mol. The zero-order valence-electron chi connectivity index (χ0n) is 17.4. The number of nitrogens with zero attached hydrogens (tertiary/aromatic N) is 1. The third-order valence-electron chi connectivity index (χ3n) is 4.73. The van der Waals surface area contributed by atoms with Crippen LogP contribution >= 0.6 is 0 Å². The highest BCUT2D eigenvalue weighted by Gasteiger charge is 2.39. The monoisotopic (exact) mass is 426 g/mol. The summed E-state index contributed by atoms with van der Waals surface area (Å²) >= 11 is 0. The molecule has 0 aliphatic heterocycles. The third-order valence-corrected chi connectivity index (χ3v) is 4.73. The Morgan fingerprint density at radius 3 is 2.57 bits per heavy atom. The zero-order valence-corrected chi connectivity index (χ0v) is 17.4. The van der Waals surface area contributed by atoms with Gasteiger partial charge in [-0.05, 0) is 40.0 Å². The number of alkyl carbamates (subject to hydrolysis) is 1. The molecule has 0 unspecified atom stereocenters. The first-order valence-electron chi connectivity index (χ1n) is 9.92. The van der Waals surface area contributed by atoms with Crippen molar-refractivity contribution in [3.63, 3.8) is 0 Å². The van der Waals surface area contributed by atoms with E-state index in [9.17, 15) is 29.4 Å². The minimum atomic E-state index is -1.29. The van der Waals surface area contributed by atoms with Crippen LogP contribution in [0.15, 0.2) is 21.9 Å². The van der Waals surface area contributed by atoms with Crippen LogP contribution in [-0.2, 0) is 9.53 Å². The average Bonchev–Trinajstić information content (AvgIpc) is 2.62. The normalized spacial score (nSPS) is 24.2. The molecule has 0 bridgehead atoms. The summed E-state index contributed by atoms with van der Waals surface area (Å²) in [6.07, 6.45) is -0.668. The minimum absolute atomic E-state index is 0.123. The zero-order chi connectivity index (χ0) is 22.5. The number of hydrogen-bond donors (Lipinski definition) is 5. The maximum Gasteiger partial charge on any atom is 0.407 e. The first kappa shape index (κ1) is 23.6. The first-order valence-corrected chi connectivity index (χ1v) is 9.92. The Balaban J connectivity index is 1.80. The molecule has 11 heteroatoms. The molecule has 2 amide bonds. The quantitative estimate of drug-likeness (QED) is 0.379. The second kappa shape index (κ2) is 9.90. The summed E-state index contributed by atoms with van der Waals surface area (Å²) in [7, 11) is 0. The van der Waals surface area contributed by atoms with Gasteiger partial charge in [0.15, 0.2) is 0 Å². The molecule has 168 valence electrons. The van der Waals surface area contributed by atoms with Gasteiger partial charge in [0.1, 0.15) is 17.8 Å². The Kier molecular flexibility index (Phi) is 7.79. The smallest absolute Gasteiger partial charge is 0.407 e. The van der Waals surface area contributed by atoms with Gasteiger partial charge in [0.25, 0.3) is 5.56 Å². The lowest BCUT2D eigenvalue weighted by Gasteiger charge is -2.38. The Labute approximate surface area is 173 Å². The van der Waals surface area contributed by atoms with Crippen LogP contribution in [0.25, 0.3) is 0 Å². The second-order valence-electron chi connectivity index (χ2n) is 8.35. The van der Waals surface area contributed by atoms with Crippen LogP contribution in [0.3, 0.4) is 0 Å². The topological polar surface area (TPSA) is 163 Å². The molecule has 1 aliphatic rings. The van der Waals surface area contributed by atoms with Gasteiger partial charge in [-0.3, -0.25) is 19.1 Å². The van der Waals surface area contributed by atoms with E-state index in [0.29, 0.717) is 19.3 Å². The van der Waals surface area contributed by atoms with Crippen molar-refractivity contribution in [2.75, 3.05) is 6.54 Å². The number of carbonyl (C=O) groups excluding carboxylic acids is 2. The highest BCUT2D eigenvalue weighted by atomic mass is 16.6. The number of nitrogens with one attached hydrogen (secondary N) is 3. The van der Waals surface area contributed by atoms with Crippen molar-refractivity contribution in [1.82, 2.24) is 20.2 Å². The van der Waals surface area contributed by atoms with E-state index >= 15 is 0 Å². The molecule has 0 aromatic carbocycles. The summed E-state index contributed by atoms with van der Waals surface area (Å²) in [6.45, 7) is 5.52. The van der Waals surface area contributed by atoms with Gasteiger partial charge in [-0.1, -0.05) is 0 Å². The molecule has 0 spiro atoms. The van der Waals surface area contributed by atoms with Crippen LogP contribution in [0.5, 0.6) is 0 Å². The standard InChI is InChI=1S/C19H30N4O7/c1-19(2,3)30-18(29)20-9-4-5-13(24)21-11-6-7-12(16(27)15(11)26)23-10-8-14(25)22-17(23)28/h8,10-12,15-16,26-27H,4-7,9H2,1-3H3,(H,20,29)(H,21,24)(H,22,25,28)/t11-,12-,15-,16+/m1/s1. The summed E-state index contributed by atoms with van der Waals surface area (Å²) in [5.41, 5.74) is -1.82. The molecule has 1 aromatic heterocycles. The molecular weight excluding hydrogens is 396 g/mol. The predicted octanol–water partition coefficient (Wildman–Crippen LogP) is -0.617. The van der Waals surface area contributed by atoms with Gasteiger partial charge < -0.3 is 25.6 Å². The average molecular weight is 426 g/mol. The van der Waals surface area contributed by atoms with E-state index < -0.39 is 47.2 Å². The van der Waals surface area contributed by atoms with Crippen LogP contribution in [0.1, 0.15) is 52.5 Å². The van der Waals surface area contributed by atoms with E-state index in [2.05, 4.69) is 15.6 Å². The SMILES string of the molecule is CC(C)(C)OC(=O)NCCCC(=O)N[C@@H]1CC[C@@H](n2ccc(=O)[nH]c2=O)[C@H](O)[C@@H]1O. The van der Waals surface area contributed by atoms with Gasteiger partial charge in [0.05, 0.1) is 12.1 Å². The van der Waals surface area contributed by atoms with E-state index in [1.807, 2.05) is 0 Å². The number of carbonyl (C=O) groups is 2. The maximum absolute atomic E-state index is 12.1. The Hall–Kier alpha value is -2.66. The fourth-order valence-electron chi connectivity index (χ4n) is 3.34. The Morgan fingerprint density at radius 2 is 1.93 bits per heavy atom. The summed E-state index contributed by atoms with van der Waals surface area (Å²) in [4.78, 5) is 48.9. The van der Waals surface area contributed by atoms with Crippen molar-refractivity contribution in [2.24, 2.45) is 0 Å². The van der Waals surface area contributed by atoms with Crippen LogP contribution in [0.4, 0.5) is 4.79 Å². The van der Waals surface area contributed by atoms with Gasteiger partial charge in [0.2, 0.25) is 5.91 Å². The number of hydrogen-bond acceptors (Lipinski definition) is 7. The molecule has 11 nitrogen and oxygen atoms in total. The van der Waals surface area contributed by atoms with E-state index in [1.165, 1.54) is 16.8 Å². The van der Waals surface area contributed by atoms with E-state index in [1.54, 1.807) is 20.8 Å². The lowest BCUT2D eigenvalue weighted by Crippen LogP contribution is -2.55. The van der Waals surface area contributed by atoms with Crippen LogP contribution in [0, 0.1) is 0 Å². The number of rotatable bonds is 6. The lowest BCUT2D eigenvalue weighted by atomic mass is 9.85. The number of aromatic nitrogens is 2. The van der Waals surface area contributed by atoms with Crippen molar-refractivity contribution in [2.45, 2.75) is 76.3 Å². The molecule has 1 fully saturated rings. The molecule has 2 rings (SSSR count). The molecule has 0 saturated heterocycles. The minimum Gasteiger partial charge on any atom is -0.444 e. The largest absolute Gasteiger partial charge is 0.444 e. The van der Waals surface area contributed by atoms with Crippen LogP contribution < -0.4 is 21.9 Å². The van der Waals surface area contributed by atoms with Crippen LogP contribution in [0.2, 0.25) is 0 Å². The van der Waals surface area contributed by atoms with Gasteiger partial charge in [-0.15, -0.1) is 0 Å². The highest BCUT2D eigenvalue weighted by Crippen LogP contribution is 2.28. The number of amides is 2. The summed E-state index contributed by atoms with van der Waals surface area (Å²) in [5.74, 6) is -0.322. The number of ether oxygens (including phenoxy) is 1. The molecular formula is C19H30N4O7. The number of aromatic amines is 1. The summed E-state index contributed by atoms with van der Waals surface area (Å²) in [5, 5.41) is 26.1. The van der Waals surface area contributed by atoms with Crippen molar-refractivity contribution in [1.29, 1.82) is 0 Å². The molecule has 4 atom stereocenters. The third kappa shape index (κ3) is 6.70. The molecule has 1 aromatic rings. The van der Waals surface area contributed by atoms with E-state index in [-0.39, 0.29) is 18.9 Å². The van der Waals surface area contributed by atoms with Gasteiger partial charge in [-0.2, -0.15) is 0 Å². The number of aliphatic hydroxyl groups excluding tert-OH is 2. The number of aliphatic hydroxyl groups is 2. The molecule has 0 radical (unpaired) electrons. The summed E-state index contributed by atoms with van der Waals surface area (Å²) < 4.78 is 6.27. The summed E-state index contributed by atoms with van der Waals surface area (Å²) in [6, 6.07) is -0.212. The van der Waals surface area contributed by atoms with Crippen molar-refractivity contribution in [3.8, 4) is 0 Å². The lowest BCUT2D eigenvalue weighted by molar-refractivity contribution is -0.125. The van der Waals surface area contributed by atoms with Gasteiger partial charge >= 0.3 is 11.8 Å². The van der Waals surface area contributed by atoms with E-state index in [0.717, 1.165) is 0 Å². The van der Waals surface area contributed by atoms with E-state index in [4.69, 9.17) is 4.74 Å². The van der Waals surface area contributed by atoms with Crippen LogP contribution in [-0.4, -0.2) is 62.2 Å². The Morgan fingerprint density at radius 1 is 1.23 bits per heavy atom. The number of H-pyrrole nitrogens is 1. The fraction of sp³-hybridized carbons (Fsp3) is 0.684. The van der Waals surface area contributed by atoms with Gasteiger partial charge in [-0.25, -0.2) is 9.59 Å². The molecule has 30 heavy (non-hydrogen) atoms. The van der Waals surface area contributed by atoms with Crippen molar-refractivity contribution in [3.05, 3.63) is 33.1 Å². The molecule has 1 heterocycles. The fourth-order valence-corrected chi connectivity index (χ4v) is 3.34. The first-order chi connectivity index (χ1) is 14.0. The second-order valence-corrected chi connectivity index (χ2v) is 8.35. The van der Waals surface area contributed by atoms with Crippen molar-refractivity contribution < 1.29 is 24.5 Å².